The number of esters is 1. The lowest BCUT2D eigenvalue weighted by Crippen LogP contribution is -2.50. The van der Waals surface area contributed by atoms with E-state index in [4.69, 9.17) is 19.9 Å². The van der Waals surface area contributed by atoms with Crippen LogP contribution in [-0.4, -0.2) is 55.4 Å². The van der Waals surface area contributed by atoms with E-state index < -0.39 is 60.0 Å². The third kappa shape index (κ3) is 12.0. The molecule has 0 saturated heterocycles. The Morgan fingerprint density at radius 2 is 1.45 bits per heavy atom. The first-order valence-corrected chi connectivity index (χ1v) is 13.5. The lowest BCUT2D eigenvalue weighted by molar-refractivity contribution is -0.157. The van der Waals surface area contributed by atoms with E-state index in [1.54, 1.807) is 83.1 Å². The molecule has 0 radical (unpaired) electrons. The maximum Gasteiger partial charge on any atom is 0.391 e. The Morgan fingerprint density at radius 3 is 1.95 bits per heavy atom. The van der Waals surface area contributed by atoms with Gasteiger partial charge >= 0.3 is 12.1 Å². The summed E-state index contributed by atoms with van der Waals surface area (Å²) in [5.41, 5.74) is 6.53. The number of carbonyl (C=O) groups excluding carboxylic acids is 3. The largest absolute Gasteiger partial charge is 0.497 e. The predicted octanol–water partition coefficient (Wildman–Crippen LogP) is 4.24. The minimum Gasteiger partial charge on any atom is -0.497 e. The molecule has 2 aromatic carbocycles. The van der Waals surface area contributed by atoms with Crippen LogP contribution in [0.1, 0.15) is 58.2 Å². The van der Waals surface area contributed by atoms with Crippen LogP contribution in [0.15, 0.2) is 48.5 Å². The number of carbonyl (C=O) groups is 3. The molecule has 9 nitrogen and oxygen atoms in total. The third-order valence-electron chi connectivity index (χ3n) is 6.07. The van der Waals surface area contributed by atoms with Crippen LogP contribution in [0.2, 0.25) is 0 Å². The van der Waals surface area contributed by atoms with Gasteiger partial charge in [-0.3, -0.25) is 9.59 Å². The molecule has 2 amide bonds. The lowest BCUT2D eigenvalue weighted by atomic mass is 9.98. The number of nitrogens with one attached hydrogen (secondary N) is 2. The van der Waals surface area contributed by atoms with E-state index in [9.17, 15) is 27.6 Å². The highest BCUT2D eigenvalue weighted by molar-refractivity contribution is 5.90. The Hall–Kier alpha value is -3.80. The monoisotopic (exact) mass is 595 g/mol. The first kappa shape index (κ1) is 34.4. The van der Waals surface area contributed by atoms with E-state index >= 15 is 0 Å². The number of hydrogen-bond acceptors (Lipinski definition) is 7. The summed E-state index contributed by atoms with van der Waals surface area (Å²) >= 11 is 0. The highest BCUT2D eigenvalue weighted by atomic mass is 19.4. The highest BCUT2D eigenvalue weighted by Gasteiger charge is 2.36. The minimum atomic E-state index is -4.49. The molecule has 0 fully saturated rings. The maximum absolute atomic E-state index is 13.2. The van der Waals surface area contributed by atoms with Gasteiger partial charge in [-0.25, -0.2) is 4.79 Å². The summed E-state index contributed by atoms with van der Waals surface area (Å²) in [7, 11) is 1.46. The molecule has 3 atom stereocenters. The molecule has 4 N–H and O–H groups in total. The number of halogens is 3. The van der Waals surface area contributed by atoms with Gasteiger partial charge in [0.2, 0.25) is 11.8 Å². The van der Waals surface area contributed by atoms with Crippen molar-refractivity contribution in [1.29, 1.82) is 0 Å². The summed E-state index contributed by atoms with van der Waals surface area (Å²) in [4.78, 5) is 38.1. The Bertz CT molecular complexity index is 1180. The van der Waals surface area contributed by atoms with Gasteiger partial charge in [-0.05, 0) is 68.5 Å². The quantitative estimate of drug-likeness (QED) is 0.296. The van der Waals surface area contributed by atoms with Crippen molar-refractivity contribution in [3.05, 3.63) is 59.7 Å². The van der Waals surface area contributed by atoms with Gasteiger partial charge in [-0.15, -0.1) is 0 Å². The van der Waals surface area contributed by atoms with Gasteiger partial charge in [0, 0.05) is 6.04 Å². The highest BCUT2D eigenvalue weighted by Crippen LogP contribution is 2.26. The predicted molar refractivity (Wildman–Crippen MR) is 151 cm³/mol. The molecule has 0 aliphatic heterocycles. The first-order valence-electron chi connectivity index (χ1n) is 13.5. The second kappa shape index (κ2) is 14.9. The van der Waals surface area contributed by atoms with Crippen molar-refractivity contribution in [2.45, 2.75) is 77.4 Å². The number of alkyl halides is 3. The van der Waals surface area contributed by atoms with Crippen LogP contribution in [0.4, 0.5) is 13.2 Å². The van der Waals surface area contributed by atoms with Crippen LogP contribution in [0.5, 0.6) is 11.5 Å². The molecule has 0 unspecified atom stereocenters. The number of rotatable bonds is 13. The Morgan fingerprint density at radius 1 is 0.881 bits per heavy atom. The molecule has 0 heterocycles. The van der Waals surface area contributed by atoms with Gasteiger partial charge in [0.15, 0.2) is 6.61 Å². The first-order chi connectivity index (χ1) is 19.5. The number of amides is 2. The summed E-state index contributed by atoms with van der Waals surface area (Å²) in [6, 6.07) is 9.24. The molecule has 0 bridgehead atoms. The molecule has 0 spiro atoms. The molecule has 0 aliphatic rings. The molecule has 2 rings (SSSR count). The number of hydrogen-bond donors (Lipinski definition) is 3. The molecule has 0 aliphatic carbocycles. The minimum absolute atomic E-state index is 0.0951. The van der Waals surface area contributed by atoms with Crippen molar-refractivity contribution in [3.8, 4) is 11.5 Å². The zero-order valence-corrected chi connectivity index (χ0v) is 24.7. The molecule has 232 valence electrons. The molecule has 12 heteroatoms. The fourth-order valence-corrected chi connectivity index (χ4v) is 3.90. The van der Waals surface area contributed by atoms with E-state index in [0.717, 1.165) is 0 Å². The van der Waals surface area contributed by atoms with Crippen molar-refractivity contribution in [3.63, 3.8) is 0 Å². The average molecular weight is 596 g/mol. The van der Waals surface area contributed by atoms with E-state index in [2.05, 4.69) is 10.6 Å². The fraction of sp³-hybridized carbons (Fsp3) is 0.500. The molecule has 0 saturated carbocycles. The lowest BCUT2D eigenvalue weighted by Gasteiger charge is -2.27. The van der Waals surface area contributed by atoms with Crippen LogP contribution < -0.4 is 25.8 Å². The van der Waals surface area contributed by atoms with E-state index in [-0.39, 0.29) is 13.0 Å². The Labute approximate surface area is 244 Å². The second-order valence-electron chi connectivity index (χ2n) is 11.2. The van der Waals surface area contributed by atoms with Crippen LogP contribution in [0.25, 0.3) is 0 Å². The Kier molecular flexibility index (Phi) is 12.2. The summed E-state index contributed by atoms with van der Waals surface area (Å²) in [5, 5.41) is 5.03. The summed E-state index contributed by atoms with van der Waals surface area (Å²) in [6.07, 6.45) is -5.60. The van der Waals surface area contributed by atoms with Crippen molar-refractivity contribution < 1.29 is 41.8 Å². The fourth-order valence-electron chi connectivity index (χ4n) is 3.90. The number of nitrogens with two attached hydrogens (primary N) is 1. The second-order valence-corrected chi connectivity index (χ2v) is 11.2. The smallest absolute Gasteiger partial charge is 0.391 e. The number of methoxy groups -OCH3 is 1. The zero-order valence-electron chi connectivity index (χ0n) is 24.7. The van der Waals surface area contributed by atoms with Gasteiger partial charge < -0.3 is 30.6 Å². The summed E-state index contributed by atoms with van der Waals surface area (Å²) < 4.78 is 55.2. The summed E-state index contributed by atoms with van der Waals surface area (Å²) in [5.74, 6) is -1.59. The van der Waals surface area contributed by atoms with Gasteiger partial charge in [-0.1, -0.05) is 38.1 Å². The Balaban J connectivity index is 2.11. The van der Waals surface area contributed by atoms with E-state index in [1.807, 2.05) is 0 Å². The topological polar surface area (TPSA) is 129 Å². The normalized spacial score (nSPS) is 14.0. The number of benzene rings is 2. The van der Waals surface area contributed by atoms with Gasteiger partial charge in [-0.2, -0.15) is 13.2 Å². The van der Waals surface area contributed by atoms with Crippen molar-refractivity contribution in [2.75, 3.05) is 13.7 Å². The SMILES string of the molecule is COc1ccc([C@H](NC(=O)[C@@H](N)Cc2ccc(OCC(=O)OC(C)(C)C)cc2)C(=O)N[C@H](CC(F)(F)F)C(C)C)cc1. The van der Waals surface area contributed by atoms with Crippen LogP contribution in [0, 0.1) is 5.92 Å². The van der Waals surface area contributed by atoms with Crippen molar-refractivity contribution in [1.82, 2.24) is 10.6 Å². The van der Waals surface area contributed by atoms with Gasteiger partial charge in [0.1, 0.15) is 23.1 Å². The standard InChI is InChI=1S/C30H40F3N3O6/c1-18(2)24(16-30(31,32)33)35-28(39)26(20-9-13-21(40-6)14-10-20)36-27(38)23(34)15-19-7-11-22(12-8-19)41-17-25(37)42-29(3,4)5/h7-14,18,23-24,26H,15-17,34H2,1-6H3,(H,35,39)(H,36,38)/t23-,24+,26-/m0/s1. The molecular weight excluding hydrogens is 555 g/mol. The van der Waals surface area contributed by atoms with Crippen LogP contribution in [-0.2, 0) is 25.5 Å². The van der Waals surface area contributed by atoms with Crippen LogP contribution in [0.3, 0.4) is 0 Å². The third-order valence-corrected chi connectivity index (χ3v) is 6.07. The van der Waals surface area contributed by atoms with Crippen LogP contribution >= 0.6 is 0 Å². The van der Waals surface area contributed by atoms with E-state index in [0.29, 0.717) is 22.6 Å². The zero-order chi connectivity index (χ0) is 31.7. The number of ether oxygens (including phenoxy) is 3. The van der Waals surface area contributed by atoms with Gasteiger partial charge in [0.25, 0.3) is 0 Å². The summed E-state index contributed by atoms with van der Waals surface area (Å²) in [6.45, 7) is 8.12. The van der Waals surface area contributed by atoms with Gasteiger partial charge in [0.05, 0.1) is 19.6 Å². The molecule has 2 aromatic rings. The van der Waals surface area contributed by atoms with Crippen molar-refractivity contribution >= 4 is 17.8 Å². The molecule has 42 heavy (non-hydrogen) atoms. The van der Waals surface area contributed by atoms with E-state index in [1.165, 1.54) is 7.11 Å². The molecule has 0 aromatic heterocycles. The molecular formula is C30H40F3N3O6. The average Bonchev–Trinajstić information content (AvgIpc) is 2.89. The van der Waals surface area contributed by atoms with Crippen molar-refractivity contribution in [2.24, 2.45) is 11.7 Å². The maximum atomic E-state index is 13.2.